The highest BCUT2D eigenvalue weighted by Crippen LogP contribution is 2.19. The molecule has 2 rings (SSSR count). The number of rotatable bonds is 5. The topological polar surface area (TPSA) is 92.6 Å². The van der Waals surface area contributed by atoms with E-state index < -0.39 is 5.60 Å². The molecule has 1 fully saturated rings. The molecule has 0 aliphatic heterocycles. The van der Waals surface area contributed by atoms with Gasteiger partial charge in [0.25, 0.3) is 0 Å². The highest BCUT2D eigenvalue weighted by molar-refractivity contribution is 14.0. The predicted octanol–water partition coefficient (Wildman–Crippen LogP) is 3.55. The zero-order valence-electron chi connectivity index (χ0n) is 19.5. The summed E-state index contributed by atoms with van der Waals surface area (Å²) in [5.41, 5.74) is 2.88. The van der Waals surface area contributed by atoms with Crippen LogP contribution in [0.1, 0.15) is 70.3 Å². The van der Waals surface area contributed by atoms with E-state index in [2.05, 4.69) is 34.9 Å². The number of nitrogens with zero attached hydrogens (tertiary/aromatic N) is 3. The lowest BCUT2D eigenvalue weighted by Gasteiger charge is -2.31. The maximum atomic E-state index is 12.0. The van der Waals surface area contributed by atoms with Crippen LogP contribution in [-0.2, 0) is 18.3 Å². The smallest absolute Gasteiger partial charge is 0.407 e. The van der Waals surface area contributed by atoms with E-state index >= 15 is 0 Å². The molecule has 1 aromatic heterocycles. The number of hydrogen-bond donors (Lipinski definition) is 3. The number of alkyl carbamates (subject to hydrolysis) is 1. The maximum Gasteiger partial charge on any atom is 0.407 e. The summed E-state index contributed by atoms with van der Waals surface area (Å²) in [4.78, 5) is 16.7. The summed E-state index contributed by atoms with van der Waals surface area (Å²) in [6.45, 7) is 13.2. The number of ether oxygens (including phenoxy) is 1. The molecule has 0 unspecified atom stereocenters. The zero-order chi connectivity index (χ0) is 21.6. The van der Waals surface area contributed by atoms with E-state index in [1.807, 2.05) is 39.4 Å². The lowest BCUT2D eigenvalue weighted by molar-refractivity contribution is 0.0490. The lowest BCUT2D eigenvalue weighted by Crippen LogP contribution is -2.48. The largest absolute Gasteiger partial charge is 0.444 e. The van der Waals surface area contributed by atoms with Gasteiger partial charge in [-0.15, -0.1) is 24.0 Å². The molecule has 1 heterocycles. The van der Waals surface area contributed by atoms with Gasteiger partial charge in [-0.05, 0) is 67.2 Å². The molecule has 1 amide bonds. The quantitative estimate of drug-likeness (QED) is 0.305. The van der Waals surface area contributed by atoms with Gasteiger partial charge in [0.1, 0.15) is 5.60 Å². The number of amides is 1. The van der Waals surface area contributed by atoms with Crippen LogP contribution < -0.4 is 16.0 Å². The molecule has 0 saturated heterocycles. The summed E-state index contributed by atoms with van der Waals surface area (Å²) >= 11 is 0. The summed E-state index contributed by atoms with van der Waals surface area (Å²) in [6, 6.07) is 0.517. The minimum atomic E-state index is -0.467. The third-order valence-corrected chi connectivity index (χ3v) is 5.19. The Kier molecular flexibility index (Phi) is 10.4. The number of guanidine groups is 1. The van der Waals surface area contributed by atoms with Crippen molar-refractivity contribution in [2.24, 2.45) is 12.0 Å². The van der Waals surface area contributed by atoms with E-state index in [-0.39, 0.29) is 36.1 Å². The molecule has 0 atom stereocenters. The molecule has 9 heteroatoms. The minimum absolute atomic E-state index is 0. The second-order valence-corrected chi connectivity index (χ2v) is 8.81. The predicted molar refractivity (Wildman–Crippen MR) is 131 cm³/mol. The fraction of sp³-hybridized carbons (Fsp3) is 0.762. The molecule has 8 nitrogen and oxygen atoms in total. The first-order valence-corrected chi connectivity index (χ1v) is 10.6. The normalized spacial score (nSPS) is 19.6. The van der Waals surface area contributed by atoms with E-state index in [1.54, 1.807) is 0 Å². The van der Waals surface area contributed by atoms with Gasteiger partial charge in [-0.1, -0.05) is 0 Å². The first kappa shape index (κ1) is 26.5. The Morgan fingerprint density at radius 3 is 2.20 bits per heavy atom. The summed E-state index contributed by atoms with van der Waals surface area (Å²) in [7, 11) is 1.96. The van der Waals surface area contributed by atoms with Crippen molar-refractivity contribution in [2.75, 3.05) is 6.54 Å². The molecule has 1 aromatic rings. The standard InChI is InChI=1S/C21H38N6O2.HI/c1-8-22-19(23-13-18-14(2)26-27(7)15(18)3)24-16-9-11-17(12-10-16)25-20(28)29-21(4,5)6;/h16-17H,8-13H2,1-7H3,(H,25,28)(H2,22,23,24);1H. The van der Waals surface area contributed by atoms with Gasteiger partial charge in [-0.2, -0.15) is 5.10 Å². The van der Waals surface area contributed by atoms with Crippen molar-refractivity contribution >= 4 is 36.0 Å². The highest BCUT2D eigenvalue weighted by Gasteiger charge is 2.25. The molecule has 3 N–H and O–H groups in total. The summed E-state index contributed by atoms with van der Waals surface area (Å²) in [6.07, 6.45) is 3.49. The summed E-state index contributed by atoms with van der Waals surface area (Å²) in [5, 5.41) is 14.3. The van der Waals surface area contributed by atoms with Crippen molar-refractivity contribution in [1.29, 1.82) is 0 Å². The molecular formula is C21H39IN6O2. The Bertz CT molecular complexity index is 718. The minimum Gasteiger partial charge on any atom is -0.444 e. The number of aliphatic imine (C=N–C) groups is 1. The fourth-order valence-electron chi connectivity index (χ4n) is 3.57. The van der Waals surface area contributed by atoms with E-state index in [4.69, 9.17) is 9.73 Å². The SMILES string of the molecule is CCNC(=NCc1c(C)nn(C)c1C)NC1CCC(NC(=O)OC(C)(C)C)CC1.I. The van der Waals surface area contributed by atoms with Crippen LogP contribution in [0.5, 0.6) is 0 Å². The van der Waals surface area contributed by atoms with E-state index in [1.165, 1.54) is 5.56 Å². The van der Waals surface area contributed by atoms with Crippen LogP contribution in [0, 0.1) is 13.8 Å². The van der Waals surface area contributed by atoms with Crippen molar-refractivity contribution in [3.63, 3.8) is 0 Å². The Balaban J connectivity index is 0.00000450. The molecule has 1 aliphatic rings. The summed E-state index contributed by atoms with van der Waals surface area (Å²) < 4.78 is 7.26. The van der Waals surface area contributed by atoms with Crippen LogP contribution >= 0.6 is 24.0 Å². The molecular weight excluding hydrogens is 495 g/mol. The number of aromatic nitrogens is 2. The van der Waals surface area contributed by atoms with Gasteiger partial charge in [-0.3, -0.25) is 4.68 Å². The monoisotopic (exact) mass is 534 g/mol. The van der Waals surface area contributed by atoms with Crippen LogP contribution in [0.4, 0.5) is 4.79 Å². The van der Waals surface area contributed by atoms with Gasteiger partial charge in [0.2, 0.25) is 0 Å². The third-order valence-electron chi connectivity index (χ3n) is 5.19. The molecule has 0 bridgehead atoms. The van der Waals surface area contributed by atoms with Gasteiger partial charge in [0.15, 0.2) is 5.96 Å². The average Bonchev–Trinajstić information content (AvgIpc) is 2.85. The molecule has 0 aromatic carbocycles. The van der Waals surface area contributed by atoms with Crippen LogP contribution in [-0.4, -0.2) is 46.1 Å². The first-order chi connectivity index (χ1) is 13.6. The molecule has 1 aliphatic carbocycles. The average molecular weight is 534 g/mol. The van der Waals surface area contributed by atoms with Gasteiger partial charge in [-0.25, -0.2) is 9.79 Å². The highest BCUT2D eigenvalue weighted by atomic mass is 127. The second-order valence-electron chi connectivity index (χ2n) is 8.81. The first-order valence-electron chi connectivity index (χ1n) is 10.6. The van der Waals surface area contributed by atoms with Crippen LogP contribution in [0.2, 0.25) is 0 Å². The van der Waals surface area contributed by atoms with Gasteiger partial charge >= 0.3 is 6.09 Å². The van der Waals surface area contributed by atoms with Crippen molar-refractivity contribution in [2.45, 2.75) is 91.5 Å². The number of hydrogen-bond acceptors (Lipinski definition) is 4. The molecule has 0 spiro atoms. The van der Waals surface area contributed by atoms with Gasteiger partial charge in [0, 0.05) is 36.9 Å². The molecule has 30 heavy (non-hydrogen) atoms. The molecule has 0 radical (unpaired) electrons. The zero-order valence-corrected chi connectivity index (χ0v) is 21.8. The number of aryl methyl sites for hydroxylation is 2. The maximum absolute atomic E-state index is 12.0. The second kappa shape index (κ2) is 11.8. The Morgan fingerprint density at radius 2 is 1.73 bits per heavy atom. The summed E-state index contributed by atoms with van der Waals surface area (Å²) in [5.74, 6) is 0.832. The lowest BCUT2D eigenvalue weighted by atomic mass is 9.91. The van der Waals surface area contributed by atoms with Crippen LogP contribution in [0.25, 0.3) is 0 Å². The van der Waals surface area contributed by atoms with Gasteiger partial charge in [0.05, 0.1) is 12.2 Å². The molecule has 172 valence electrons. The van der Waals surface area contributed by atoms with Crippen molar-refractivity contribution in [3.05, 3.63) is 17.0 Å². The van der Waals surface area contributed by atoms with Crippen LogP contribution in [0.15, 0.2) is 4.99 Å². The number of carbonyl (C=O) groups excluding carboxylic acids is 1. The van der Waals surface area contributed by atoms with E-state index in [0.717, 1.165) is 49.6 Å². The van der Waals surface area contributed by atoms with Crippen molar-refractivity contribution in [1.82, 2.24) is 25.7 Å². The number of halogens is 1. The number of nitrogens with one attached hydrogen (secondary N) is 3. The number of carbonyl (C=O) groups is 1. The van der Waals surface area contributed by atoms with Crippen molar-refractivity contribution < 1.29 is 9.53 Å². The van der Waals surface area contributed by atoms with Crippen LogP contribution in [0.3, 0.4) is 0 Å². The Labute approximate surface area is 198 Å². The Morgan fingerprint density at radius 1 is 1.17 bits per heavy atom. The van der Waals surface area contributed by atoms with E-state index in [0.29, 0.717) is 12.6 Å². The van der Waals surface area contributed by atoms with Gasteiger partial charge < -0.3 is 20.7 Å². The van der Waals surface area contributed by atoms with Crippen molar-refractivity contribution in [3.8, 4) is 0 Å². The fourth-order valence-corrected chi connectivity index (χ4v) is 3.57. The Hall–Kier alpha value is -1.52. The molecule has 1 saturated carbocycles. The third kappa shape index (κ3) is 8.31. The van der Waals surface area contributed by atoms with E-state index in [9.17, 15) is 4.79 Å².